The minimum Gasteiger partial charge on any atom is -0.481 e. The van der Waals surface area contributed by atoms with Gasteiger partial charge >= 0.3 is 5.97 Å². The van der Waals surface area contributed by atoms with E-state index in [9.17, 15) is 17.6 Å². The van der Waals surface area contributed by atoms with Crippen LogP contribution in [0.2, 0.25) is 0 Å². The minimum absolute atomic E-state index is 0.0276. The van der Waals surface area contributed by atoms with Crippen molar-refractivity contribution in [2.24, 2.45) is 5.92 Å². The number of halogens is 1. The smallest absolute Gasteiger partial charge is 0.310 e. The molecule has 0 spiro atoms. The minimum atomic E-state index is -4.13. The molecule has 1 aromatic rings. The first-order valence-electron chi connectivity index (χ1n) is 6.30. The number of carboxylic acid groups (broad SMARTS) is 1. The van der Waals surface area contributed by atoms with E-state index in [1.165, 1.54) is 19.2 Å². The number of aryl methyl sites for hydroxylation is 1. The summed E-state index contributed by atoms with van der Waals surface area (Å²) in [5.74, 6) is -2.96. The van der Waals surface area contributed by atoms with Crippen LogP contribution in [0.5, 0.6) is 0 Å². The Morgan fingerprint density at radius 1 is 1.43 bits per heavy atom. The molecule has 0 aromatic heterocycles. The van der Waals surface area contributed by atoms with E-state index in [0.717, 1.165) is 10.4 Å². The standard InChI is InChI=1S/C13H16FNO5S/c1-8-3-4-10(14)12(5-8)21(18,19)15(2)11-7-20-6-9(11)13(16)17/h3-5,9,11H,6-7H2,1-2H3,(H,16,17). The number of benzene rings is 1. The van der Waals surface area contributed by atoms with E-state index in [4.69, 9.17) is 9.84 Å². The number of hydrogen-bond acceptors (Lipinski definition) is 4. The fourth-order valence-corrected chi connectivity index (χ4v) is 3.80. The van der Waals surface area contributed by atoms with Crippen LogP contribution in [0.1, 0.15) is 5.56 Å². The summed E-state index contributed by atoms with van der Waals surface area (Å²) in [6.07, 6.45) is 0. The van der Waals surface area contributed by atoms with Gasteiger partial charge in [-0.05, 0) is 24.6 Å². The highest BCUT2D eigenvalue weighted by atomic mass is 32.2. The van der Waals surface area contributed by atoms with Gasteiger partial charge in [-0.2, -0.15) is 4.31 Å². The number of likely N-dealkylation sites (N-methyl/N-ethyl adjacent to an activating group) is 1. The molecule has 0 aliphatic carbocycles. The van der Waals surface area contributed by atoms with Gasteiger partial charge in [-0.1, -0.05) is 6.07 Å². The molecule has 0 saturated carbocycles. The van der Waals surface area contributed by atoms with Crippen molar-refractivity contribution >= 4 is 16.0 Å². The van der Waals surface area contributed by atoms with Crippen molar-refractivity contribution in [1.82, 2.24) is 4.31 Å². The lowest BCUT2D eigenvalue weighted by Crippen LogP contribution is -2.44. The molecule has 2 rings (SSSR count). The normalized spacial score (nSPS) is 22.7. The fourth-order valence-electron chi connectivity index (χ4n) is 2.28. The van der Waals surface area contributed by atoms with Gasteiger partial charge in [0, 0.05) is 7.05 Å². The van der Waals surface area contributed by atoms with Crippen molar-refractivity contribution in [2.75, 3.05) is 20.3 Å². The molecule has 0 bridgehead atoms. The van der Waals surface area contributed by atoms with Crippen LogP contribution in [0.4, 0.5) is 4.39 Å². The largest absolute Gasteiger partial charge is 0.481 e. The molecule has 116 valence electrons. The van der Waals surface area contributed by atoms with E-state index in [-0.39, 0.29) is 13.2 Å². The van der Waals surface area contributed by atoms with Gasteiger partial charge in [0.25, 0.3) is 0 Å². The van der Waals surface area contributed by atoms with Crippen molar-refractivity contribution in [3.63, 3.8) is 0 Å². The third kappa shape index (κ3) is 2.92. The van der Waals surface area contributed by atoms with E-state index in [0.29, 0.717) is 5.56 Å². The summed E-state index contributed by atoms with van der Waals surface area (Å²) in [6.45, 7) is 1.56. The molecule has 21 heavy (non-hydrogen) atoms. The molecule has 6 nitrogen and oxygen atoms in total. The third-order valence-electron chi connectivity index (χ3n) is 3.58. The van der Waals surface area contributed by atoms with Crippen molar-refractivity contribution < 1.29 is 27.4 Å². The Labute approximate surface area is 122 Å². The molecule has 1 aliphatic rings. The van der Waals surface area contributed by atoms with E-state index in [1.807, 2.05) is 0 Å². The number of ether oxygens (including phenoxy) is 1. The highest BCUT2D eigenvalue weighted by Crippen LogP contribution is 2.26. The Kier molecular flexibility index (Phi) is 4.31. The van der Waals surface area contributed by atoms with Gasteiger partial charge in [-0.15, -0.1) is 0 Å². The van der Waals surface area contributed by atoms with Crippen molar-refractivity contribution in [3.8, 4) is 0 Å². The van der Waals surface area contributed by atoms with E-state index in [1.54, 1.807) is 6.92 Å². The number of hydrogen-bond donors (Lipinski definition) is 1. The Morgan fingerprint density at radius 3 is 2.71 bits per heavy atom. The number of nitrogens with zero attached hydrogens (tertiary/aromatic N) is 1. The quantitative estimate of drug-likeness (QED) is 0.890. The summed E-state index contributed by atoms with van der Waals surface area (Å²) in [7, 11) is -2.88. The lowest BCUT2D eigenvalue weighted by atomic mass is 10.1. The second-order valence-corrected chi connectivity index (χ2v) is 6.97. The van der Waals surface area contributed by atoms with Crippen molar-refractivity contribution in [3.05, 3.63) is 29.6 Å². The summed E-state index contributed by atoms with van der Waals surface area (Å²) in [6, 6.07) is 2.92. The summed E-state index contributed by atoms with van der Waals surface area (Å²) in [5.41, 5.74) is 0.598. The third-order valence-corrected chi connectivity index (χ3v) is 5.48. The van der Waals surface area contributed by atoms with Gasteiger partial charge in [0.1, 0.15) is 10.7 Å². The highest BCUT2D eigenvalue weighted by Gasteiger charge is 2.42. The molecule has 1 aromatic carbocycles. The van der Waals surface area contributed by atoms with Crippen LogP contribution in [-0.4, -0.2) is 50.1 Å². The Morgan fingerprint density at radius 2 is 2.10 bits per heavy atom. The molecule has 2 atom stereocenters. The average molecular weight is 317 g/mol. The zero-order valence-corrected chi connectivity index (χ0v) is 12.4. The molecule has 0 radical (unpaired) electrons. The maximum Gasteiger partial charge on any atom is 0.310 e. The molecular formula is C13H16FNO5S. The number of carboxylic acids is 1. The zero-order valence-electron chi connectivity index (χ0n) is 11.6. The molecular weight excluding hydrogens is 301 g/mol. The van der Waals surface area contributed by atoms with Crippen LogP contribution in [0.15, 0.2) is 23.1 Å². The summed E-state index contributed by atoms with van der Waals surface area (Å²) >= 11 is 0. The monoisotopic (exact) mass is 317 g/mol. The van der Waals surface area contributed by atoms with Crippen LogP contribution in [0.25, 0.3) is 0 Å². The van der Waals surface area contributed by atoms with Gasteiger partial charge in [0.15, 0.2) is 0 Å². The Balaban J connectivity index is 2.39. The first-order valence-corrected chi connectivity index (χ1v) is 7.74. The SMILES string of the molecule is Cc1ccc(F)c(S(=O)(=O)N(C)C2COCC2C(=O)O)c1. The number of sulfonamides is 1. The second kappa shape index (κ2) is 5.70. The molecule has 1 aliphatic heterocycles. The molecule has 2 unspecified atom stereocenters. The van der Waals surface area contributed by atoms with Gasteiger partial charge in [0.05, 0.1) is 25.2 Å². The van der Waals surface area contributed by atoms with Crippen LogP contribution in [0, 0.1) is 18.7 Å². The summed E-state index contributed by atoms with van der Waals surface area (Å²) in [5, 5.41) is 9.09. The maximum absolute atomic E-state index is 13.8. The topological polar surface area (TPSA) is 83.9 Å². The number of aliphatic carboxylic acids is 1. The van der Waals surface area contributed by atoms with E-state index < -0.39 is 38.7 Å². The number of carbonyl (C=O) groups is 1. The first-order chi connectivity index (χ1) is 9.75. The average Bonchev–Trinajstić information content (AvgIpc) is 2.89. The summed E-state index contributed by atoms with van der Waals surface area (Å²) in [4.78, 5) is 10.7. The van der Waals surface area contributed by atoms with Gasteiger partial charge in [-0.25, -0.2) is 12.8 Å². The number of rotatable bonds is 4. The Hall–Kier alpha value is -1.51. The molecule has 0 amide bonds. The van der Waals surface area contributed by atoms with Gasteiger partial charge in [-0.3, -0.25) is 4.79 Å². The molecule has 8 heteroatoms. The predicted octanol–water partition coefficient (Wildman–Crippen LogP) is 0.854. The lowest BCUT2D eigenvalue weighted by Gasteiger charge is -2.25. The van der Waals surface area contributed by atoms with Crippen molar-refractivity contribution in [2.45, 2.75) is 17.9 Å². The van der Waals surface area contributed by atoms with Crippen LogP contribution < -0.4 is 0 Å². The van der Waals surface area contributed by atoms with Crippen LogP contribution >= 0.6 is 0 Å². The fraction of sp³-hybridized carbons (Fsp3) is 0.462. The highest BCUT2D eigenvalue weighted by molar-refractivity contribution is 7.89. The van der Waals surface area contributed by atoms with E-state index >= 15 is 0 Å². The first kappa shape index (κ1) is 15.9. The maximum atomic E-state index is 13.8. The summed E-state index contributed by atoms with van der Waals surface area (Å²) < 4.78 is 44.8. The van der Waals surface area contributed by atoms with E-state index in [2.05, 4.69) is 0 Å². The second-order valence-electron chi connectivity index (χ2n) is 5.00. The van der Waals surface area contributed by atoms with Crippen LogP contribution in [-0.2, 0) is 19.6 Å². The van der Waals surface area contributed by atoms with Gasteiger partial charge in [0.2, 0.25) is 10.0 Å². The Bertz CT molecular complexity index is 661. The van der Waals surface area contributed by atoms with Crippen LogP contribution in [0.3, 0.4) is 0 Å². The lowest BCUT2D eigenvalue weighted by molar-refractivity contribution is -0.142. The molecule has 1 heterocycles. The molecule has 1 N–H and O–H groups in total. The zero-order chi connectivity index (χ0) is 15.8. The molecule has 1 fully saturated rings. The van der Waals surface area contributed by atoms with Crippen molar-refractivity contribution in [1.29, 1.82) is 0 Å². The molecule has 1 saturated heterocycles. The predicted molar refractivity (Wildman–Crippen MR) is 71.8 cm³/mol. The van der Waals surface area contributed by atoms with Gasteiger partial charge < -0.3 is 9.84 Å².